The molecular weight excluding hydrogens is 508 g/mol. The molecule has 0 saturated heterocycles. The van der Waals surface area contributed by atoms with E-state index in [1.807, 2.05) is 35.8 Å². The Morgan fingerprint density at radius 3 is 2.62 bits per heavy atom. The summed E-state index contributed by atoms with van der Waals surface area (Å²) in [6.07, 6.45) is 6.05. The van der Waals surface area contributed by atoms with E-state index in [4.69, 9.17) is 9.47 Å². The van der Waals surface area contributed by atoms with Gasteiger partial charge in [-0.15, -0.1) is 21.5 Å². The van der Waals surface area contributed by atoms with E-state index in [1.165, 1.54) is 28.0 Å². The van der Waals surface area contributed by atoms with Gasteiger partial charge in [0, 0.05) is 17.0 Å². The molecule has 1 N–H and O–H groups in total. The van der Waals surface area contributed by atoms with Gasteiger partial charge in [0.25, 0.3) is 0 Å². The molecule has 1 amide bonds. The van der Waals surface area contributed by atoms with Crippen molar-refractivity contribution in [2.45, 2.75) is 71.0 Å². The number of thioether (sulfide) groups is 1. The molecule has 198 valence electrons. The Morgan fingerprint density at radius 2 is 1.89 bits per heavy atom. The number of ether oxygens (including phenoxy) is 2. The smallest absolute Gasteiger partial charge is 0.341 e. The van der Waals surface area contributed by atoms with E-state index in [2.05, 4.69) is 22.4 Å². The van der Waals surface area contributed by atoms with Crippen LogP contribution in [0.3, 0.4) is 0 Å². The molecule has 0 aliphatic heterocycles. The molecule has 0 saturated carbocycles. The van der Waals surface area contributed by atoms with Crippen LogP contribution in [0.5, 0.6) is 5.75 Å². The van der Waals surface area contributed by atoms with E-state index < -0.39 is 0 Å². The van der Waals surface area contributed by atoms with Gasteiger partial charge < -0.3 is 19.4 Å². The molecule has 0 bridgehead atoms. The number of fused-ring (bicyclic) bond motifs is 1. The second-order valence-electron chi connectivity index (χ2n) is 8.75. The Labute approximate surface area is 226 Å². The van der Waals surface area contributed by atoms with Crippen molar-refractivity contribution in [1.29, 1.82) is 0 Å². The molecule has 4 rings (SSSR count). The number of aromatic nitrogens is 3. The molecule has 8 nitrogen and oxygen atoms in total. The van der Waals surface area contributed by atoms with Crippen molar-refractivity contribution in [2.24, 2.45) is 0 Å². The fraction of sp³-hybridized carbons (Fsp3) is 0.481. The Bertz CT molecular complexity index is 1220. The van der Waals surface area contributed by atoms with Crippen molar-refractivity contribution in [3.05, 3.63) is 40.3 Å². The van der Waals surface area contributed by atoms with Crippen molar-refractivity contribution in [3.63, 3.8) is 0 Å². The summed E-state index contributed by atoms with van der Waals surface area (Å²) in [6, 6.07) is 7.85. The zero-order valence-corrected chi connectivity index (χ0v) is 23.3. The van der Waals surface area contributed by atoms with Gasteiger partial charge in [-0.1, -0.05) is 25.1 Å². The lowest BCUT2D eigenvalue weighted by atomic mass is 9.95. The monoisotopic (exact) mass is 542 g/mol. The molecule has 37 heavy (non-hydrogen) atoms. The number of esters is 1. The van der Waals surface area contributed by atoms with Gasteiger partial charge in [-0.3, -0.25) is 4.79 Å². The lowest BCUT2D eigenvalue weighted by molar-refractivity contribution is -0.113. The largest absolute Gasteiger partial charge is 0.494 e. The quantitative estimate of drug-likeness (QED) is 0.171. The molecule has 0 spiro atoms. The number of hydrogen-bond donors (Lipinski definition) is 1. The van der Waals surface area contributed by atoms with Crippen LogP contribution in [0.15, 0.2) is 29.4 Å². The Morgan fingerprint density at radius 1 is 1.11 bits per heavy atom. The summed E-state index contributed by atoms with van der Waals surface area (Å²) in [5.41, 5.74) is 2.51. The SMILES string of the molecule is CCCCOc1ccc(-c2nnc(SCC(=O)Nc3sc4c(c3C(=O)OCC)CCCC4)n2CC)cc1. The summed E-state index contributed by atoms with van der Waals surface area (Å²) < 4.78 is 13.0. The van der Waals surface area contributed by atoms with Crippen LogP contribution in [0.25, 0.3) is 11.4 Å². The molecule has 0 fully saturated rings. The molecule has 0 unspecified atom stereocenters. The summed E-state index contributed by atoms with van der Waals surface area (Å²) in [5, 5.41) is 13.0. The number of unbranched alkanes of at least 4 members (excludes halogenated alkanes) is 1. The van der Waals surface area contributed by atoms with Crippen LogP contribution in [0.2, 0.25) is 0 Å². The second kappa shape index (κ2) is 13.1. The summed E-state index contributed by atoms with van der Waals surface area (Å²) in [6.45, 7) is 7.64. The standard InChI is InChI=1S/C27H34N4O4S2/c1-4-7-16-35-19-14-12-18(13-15-19)24-29-30-27(31(24)5-2)36-17-22(32)28-25-23(26(33)34-6-3)20-10-8-9-11-21(20)37-25/h12-15H,4-11,16-17H2,1-3H3,(H,28,32). The first-order valence-corrected chi connectivity index (χ1v) is 14.8. The fourth-order valence-electron chi connectivity index (χ4n) is 4.29. The maximum absolute atomic E-state index is 12.9. The maximum atomic E-state index is 12.9. The Balaban J connectivity index is 1.42. The van der Waals surface area contributed by atoms with Crippen molar-refractivity contribution in [2.75, 3.05) is 24.3 Å². The normalized spacial score (nSPS) is 12.7. The first-order valence-electron chi connectivity index (χ1n) is 13.0. The van der Waals surface area contributed by atoms with Crippen LogP contribution < -0.4 is 10.1 Å². The molecule has 10 heteroatoms. The van der Waals surface area contributed by atoms with Crippen molar-refractivity contribution < 1.29 is 19.1 Å². The van der Waals surface area contributed by atoms with Gasteiger partial charge in [0.2, 0.25) is 5.91 Å². The zero-order chi connectivity index (χ0) is 26.2. The number of nitrogens with one attached hydrogen (secondary N) is 1. The van der Waals surface area contributed by atoms with Crippen LogP contribution in [-0.2, 0) is 28.9 Å². The van der Waals surface area contributed by atoms with Crippen LogP contribution in [0.4, 0.5) is 5.00 Å². The molecule has 1 aromatic carbocycles. The van der Waals surface area contributed by atoms with E-state index in [0.717, 1.165) is 61.2 Å². The van der Waals surface area contributed by atoms with Gasteiger partial charge in [0.1, 0.15) is 10.8 Å². The summed E-state index contributed by atoms with van der Waals surface area (Å²) in [4.78, 5) is 26.7. The topological polar surface area (TPSA) is 95.3 Å². The molecule has 2 aromatic heterocycles. The maximum Gasteiger partial charge on any atom is 0.341 e. The zero-order valence-electron chi connectivity index (χ0n) is 21.7. The highest BCUT2D eigenvalue weighted by Gasteiger charge is 2.27. The lowest BCUT2D eigenvalue weighted by Crippen LogP contribution is -2.17. The highest BCUT2D eigenvalue weighted by molar-refractivity contribution is 7.99. The van der Waals surface area contributed by atoms with Gasteiger partial charge in [-0.25, -0.2) is 4.79 Å². The predicted octanol–water partition coefficient (Wildman–Crippen LogP) is 5.99. The third-order valence-corrected chi connectivity index (χ3v) is 8.32. The third kappa shape index (κ3) is 6.54. The molecule has 0 atom stereocenters. The van der Waals surface area contributed by atoms with Crippen molar-refractivity contribution in [3.8, 4) is 17.1 Å². The molecule has 2 heterocycles. The molecule has 0 radical (unpaired) electrons. The minimum atomic E-state index is -0.359. The number of anilines is 1. The fourth-order valence-corrected chi connectivity index (χ4v) is 6.39. The average Bonchev–Trinajstić information content (AvgIpc) is 3.48. The molecule has 3 aromatic rings. The summed E-state index contributed by atoms with van der Waals surface area (Å²) >= 11 is 2.83. The number of carbonyl (C=O) groups is 2. The molecule has 1 aliphatic rings. The van der Waals surface area contributed by atoms with Crippen LogP contribution in [-0.4, -0.2) is 45.6 Å². The van der Waals surface area contributed by atoms with Crippen molar-refractivity contribution >= 4 is 40.0 Å². The first-order chi connectivity index (χ1) is 18.0. The highest BCUT2D eigenvalue weighted by Crippen LogP contribution is 2.38. The van der Waals surface area contributed by atoms with E-state index in [-0.39, 0.29) is 17.6 Å². The number of rotatable bonds is 12. The van der Waals surface area contributed by atoms with Crippen LogP contribution in [0, 0.1) is 0 Å². The van der Waals surface area contributed by atoms with Gasteiger partial charge in [-0.05, 0) is 75.8 Å². The number of carbonyl (C=O) groups excluding carboxylic acids is 2. The Kier molecular flexibility index (Phi) is 9.62. The number of hydrogen-bond acceptors (Lipinski definition) is 8. The Hall–Kier alpha value is -2.85. The minimum absolute atomic E-state index is 0.160. The van der Waals surface area contributed by atoms with Gasteiger partial charge in [0.15, 0.2) is 11.0 Å². The number of amides is 1. The molecular formula is C27H34N4O4S2. The summed E-state index contributed by atoms with van der Waals surface area (Å²) in [7, 11) is 0. The van der Waals surface area contributed by atoms with Crippen LogP contribution >= 0.6 is 23.1 Å². The van der Waals surface area contributed by atoms with E-state index in [0.29, 0.717) is 35.5 Å². The minimum Gasteiger partial charge on any atom is -0.494 e. The number of nitrogens with zero attached hydrogens (tertiary/aromatic N) is 3. The van der Waals surface area contributed by atoms with E-state index in [9.17, 15) is 9.59 Å². The first kappa shape index (κ1) is 27.2. The molecule has 1 aliphatic carbocycles. The predicted molar refractivity (Wildman–Crippen MR) is 148 cm³/mol. The van der Waals surface area contributed by atoms with Crippen LogP contribution in [0.1, 0.15) is 67.3 Å². The highest BCUT2D eigenvalue weighted by atomic mass is 32.2. The number of aryl methyl sites for hydroxylation is 1. The van der Waals surface area contributed by atoms with Gasteiger partial charge in [0.05, 0.1) is 24.5 Å². The third-order valence-electron chi connectivity index (χ3n) is 6.15. The average molecular weight is 543 g/mol. The van der Waals surface area contributed by atoms with Gasteiger partial charge in [-0.2, -0.15) is 0 Å². The van der Waals surface area contributed by atoms with E-state index in [1.54, 1.807) is 6.92 Å². The second-order valence-corrected chi connectivity index (χ2v) is 10.8. The lowest BCUT2D eigenvalue weighted by Gasteiger charge is -2.12. The van der Waals surface area contributed by atoms with Crippen molar-refractivity contribution in [1.82, 2.24) is 14.8 Å². The summed E-state index contributed by atoms with van der Waals surface area (Å²) in [5.74, 6) is 1.20. The van der Waals surface area contributed by atoms with E-state index >= 15 is 0 Å². The van der Waals surface area contributed by atoms with Gasteiger partial charge >= 0.3 is 5.97 Å². The number of benzene rings is 1. The number of thiophene rings is 1.